The topological polar surface area (TPSA) is 70.7 Å². The molecular weight excluding hydrogens is 462 g/mol. The number of nitrogens with zero attached hydrogens (tertiary/aromatic N) is 1. The van der Waals surface area contributed by atoms with Crippen LogP contribution in [0.25, 0.3) is 17.3 Å². The number of fused-ring (bicyclic) bond motifs is 1. The molecule has 0 saturated heterocycles. The van der Waals surface area contributed by atoms with Crippen molar-refractivity contribution in [3.63, 3.8) is 0 Å². The average Bonchev–Trinajstić information content (AvgIpc) is 3.16. The summed E-state index contributed by atoms with van der Waals surface area (Å²) in [5, 5.41) is 6.93. The minimum atomic E-state index is -0.439. The van der Waals surface area contributed by atoms with Crippen LogP contribution in [0.2, 0.25) is 5.02 Å². The second kappa shape index (κ2) is 10.6. The van der Waals surface area contributed by atoms with Crippen LogP contribution >= 0.6 is 11.6 Å². The number of anilines is 2. The molecule has 7 heteroatoms. The largest absolute Gasteiger partial charge is 0.466 e. The molecular formula is C28H26ClN3O3. The Morgan fingerprint density at radius 2 is 1.86 bits per heavy atom. The molecule has 1 amide bonds. The van der Waals surface area contributed by atoms with E-state index >= 15 is 0 Å². The first-order valence-electron chi connectivity index (χ1n) is 11.1. The van der Waals surface area contributed by atoms with Gasteiger partial charge >= 0.3 is 5.97 Å². The van der Waals surface area contributed by atoms with E-state index in [-0.39, 0.29) is 5.91 Å². The van der Waals surface area contributed by atoms with Gasteiger partial charge in [-0.3, -0.25) is 4.79 Å². The molecule has 0 aliphatic carbocycles. The standard InChI is InChI=1S/C28H26ClN3O3/c1-32(2)17-19-7-11-22(12-8-19)30-27(20-6-4-5-18(15-20)9-14-25(33)35-3)26-23-13-10-21(29)16-24(23)31-28(26)34/h4-16,30H,17H2,1-3H3,(H,31,34)/b14-9?,27-26-. The van der Waals surface area contributed by atoms with E-state index in [9.17, 15) is 9.59 Å². The number of benzene rings is 3. The molecule has 0 aromatic heterocycles. The smallest absolute Gasteiger partial charge is 0.330 e. The number of carbonyl (C=O) groups is 2. The molecule has 1 aliphatic heterocycles. The summed E-state index contributed by atoms with van der Waals surface area (Å²) in [6.07, 6.45) is 3.04. The van der Waals surface area contributed by atoms with Gasteiger partial charge < -0.3 is 20.3 Å². The van der Waals surface area contributed by atoms with Gasteiger partial charge in [-0.25, -0.2) is 4.79 Å². The minimum absolute atomic E-state index is 0.218. The highest BCUT2D eigenvalue weighted by molar-refractivity contribution is 6.38. The van der Waals surface area contributed by atoms with E-state index in [1.54, 1.807) is 18.2 Å². The number of hydrogen-bond acceptors (Lipinski definition) is 5. The lowest BCUT2D eigenvalue weighted by atomic mass is 9.98. The summed E-state index contributed by atoms with van der Waals surface area (Å²) in [7, 11) is 5.39. The van der Waals surface area contributed by atoms with Gasteiger partial charge in [0.15, 0.2) is 0 Å². The van der Waals surface area contributed by atoms with E-state index in [2.05, 4.69) is 27.7 Å². The Balaban J connectivity index is 1.80. The Labute approximate surface area is 209 Å². The van der Waals surface area contributed by atoms with E-state index in [4.69, 9.17) is 16.3 Å². The van der Waals surface area contributed by atoms with Gasteiger partial charge in [0.25, 0.3) is 5.91 Å². The van der Waals surface area contributed by atoms with Crippen molar-refractivity contribution in [2.45, 2.75) is 6.54 Å². The number of halogens is 1. The van der Waals surface area contributed by atoms with E-state index in [1.807, 2.05) is 56.6 Å². The highest BCUT2D eigenvalue weighted by Crippen LogP contribution is 2.39. The maximum Gasteiger partial charge on any atom is 0.330 e. The molecule has 178 valence electrons. The van der Waals surface area contributed by atoms with Crippen LogP contribution in [0.1, 0.15) is 22.3 Å². The molecule has 35 heavy (non-hydrogen) atoms. The lowest BCUT2D eigenvalue weighted by Gasteiger charge is -2.16. The fourth-order valence-electron chi connectivity index (χ4n) is 3.91. The first kappa shape index (κ1) is 24.3. The number of methoxy groups -OCH3 is 1. The number of nitrogens with one attached hydrogen (secondary N) is 2. The van der Waals surface area contributed by atoms with Crippen LogP contribution in [0.15, 0.2) is 72.8 Å². The molecule has 2 N–H and O–H groups in total. The zero-order valence-corrected chi connectivity index (χ0v) is 20.5. The molecule has 3 aromatic rings. The van der Waals surface area contributed by atoms with E-state index in [0.717, 1.165) is 28.9 Å². The van der Waals surface area contributed by atoms with Crippen molar-refractivity contribution in [2.24, 2.45) is 0 Å². The fourth-order valence-corrected chi connectivity index (χ4v) is 4.08. The van der Waals surface area contributed by atoms with Gasteiger partial charge in [0.1, 0.15) is 0 Å². The van der Waals surface area contributed by atoms with Crippen LogP contribution in [-0.2, 0) is 20.9 Å². The Bertz CT molecular complexity index is 1330. The number of amides is 1. The fraction of sp³-hybridized carbons (Fsp3) is 0.143. The number of rotatable bonds is 7. The van der Waals surface area contributed by atoms with E-state index in [1.165, 1.54) is 18.7 Å². The predicted molar refractivity (Wildman–Crippen MR) is 142 cm³/mol. The van der Waals surface area contributed by atoms with E-state index < -0.39 is 5.97 Å². The van der Waals surface area contributed by atoms with E-state index in [0.29, 0.717) is 22.0 Å². The zero-order chi connectivity index (χ0) is 24.9. The molecule has 3 aromatic carbocycles. The van der Waals surface area contributed by atoms with Crippen LogP contribution < -0.4 is 10.6 Å². The zero-order valence-electron chi connectivity index (χ0n) is 19.8. The summed E-state index contributed by atoms with van der Waals surface area (Å²) in [5.41, 5.74) is 6.22. The van der Waals surface area contributed by atoms with Crippen molar-refractivity contribution in [1.29, 1.82) is 0 Å². The summed E-state index contributed by atoms with van der Waals surface area (Å²) in [6, 6.07) is 21.1. The molecule has 4 rings (SSSR count). The third-order valence-corrected chi connectivity index (χ3v) is 5.72. The van der Waals surface area contributed by atoms with Crippen LogP contribution in [0.5, 0.6) is 0 Å². The normalized spacial score (nSPS) is 14.1. The first-order valence-corrected chi connectivity index (χ1v) is 11.4. The lowest BCUT2D eigenvalue weighted by Crippen LogP contribution is -2.11. The molecule has 0 spiro atoms. The lowest BCUT2D eigenvalue weighted by molar-refractivity contribution is -0.134. The SMILES string of the molecule is COC(=O)C=Cc1cccc(/C(Nc2ccc(CN(C)C)cc2)=C2/C(=O)Nc3cc(Cl)ccc32)c1. The van der Waals surface area contributed by atoms with Crippen molar-refractivity contribution < 1.29 is 14.3 Å². The Hall–Kier alpha value is -3.87. The van der Waals surface area contributed by atoms with Gasteiger partial charge in [-0.15, -0.1) is 0 Å². The van der Waals surface area contributed by atoms with Gasteiger partial charge in [-0.2, -0.15) is 0 Å². The molecule has 0 unspecified atom stereocenters. The number of esters is 1. The predicted octanol–water partition coefficient (Wildman–Crippen LogP) is 5.52. The Morgan fingerprint density at radius 3 is 2.57 bits per heavy atom. The monoisotopic (exact) mass is 487 g/mol. The average molecular weight is 488 g/mol. The van der Waals surface area contributed by atoms with Crippen LogP contribution in [0.4, 0.5) is 11.4 Å². The summed E-state index contributed by atoms with van der Waals surface area (Å²) in [6.45, 7) is 0.833. The highest BCUT2D eigenvalue weighted by atomic mass is 35.5. The summed E-state index contributed by atoms with van der Waals surface area (Å²) < 4.78 is 4.69. The van der Waals surface area contributed by atoms with Gasteiger partial charge in [0.05, 0.1) is 24.1 Å². The third kappa shape index (κ3) is 5.80. The van der Waals surface area contributed by atoms with Crippen LogP contribution in [-0.4, -0.2) is 38.0 Å². The molecule has 0 bridgehead atoms. The maximum absolute atomic E-state index is 13.1. The second-order valence-corrected chi connectivity index (χ2v) is 8.87. The summed E-state index contributed by atoms with van der Waals surface area (Å²) in [5.74, 6) is -0.657. The van der Waals surface area contributed by atoms with Crippen molar-refractivity contribution >= 4 is 52.2 Å². The van der Waals surface area contributed by atoms with Crippen LogP contribution in [0.3, 0.4) is 0 Å². The van der Waals surface area contributed by atoms with Crippen molar-refractivity contribution in [3.8, 4) is 0 Å². The highest BCUT2D eigenvalue weighted by Gasteiger charge is 2.28. The molecule has 0 saturated carbocycles. The number of carbonyl (C=O) groups excluding carboxylic acids is 2. The molecule has 6 nitrogen and oxygen atoms in total. The maximum atomic E-state index is 13.1. The van der Waals surface area contributed by atoms with Gasteiger partial charge in [-0.05, 0) is 67.2 Å². The molecule has 0 radical (unpaired) electrons. The first-order chi connectivity index (χ1) is 16.8. The van der Waals surface area contributed by atoms with Crippen molar-refractivity contribution in [1.82, 2.24) is 4.90 Å². The minimum Gasteiger partial charge on any atom is -0.466 e. The second-order valence-electron chi connectivity index (χ2n) is 8.44. The molecule has 0 fully saturated rings. The van der Waals surface area contributed by atoms with Crippen molar-refractivity contribution in [2.75, 3.05) is 31.8 Å². The van der Waals surface area contributed by atoms with Crippen LogP contribution in [0, 0.1) is 0 Å². The van der Waals surface area contributed by atoms with Gasteiger partial charge in [0.2, 0.25) is 0 Å². The third-order valence-electron chi connectivity index (χ3n) is 5.49. The quantitative estimate of drug-likeness (QED) is 0.339. The number of hydrogen-bond donors (Lipinski definition) is 2. The molecule has 0 atom stereocenters. The molecule has 1 aliphatic rings. The van der Waals surface area contributed by atoms with Crippen molar-refractivity contribution in [3.05, 3.63) is 100 Å². The summed E-state index contributed by atoms with van der Waals surface area (Å²) in [4.78, 5) is 26.8. The van der Waals surface area contributed by atoms with Gasteiger partial charge in [0, 0.05) is 28.9 Å². The Morgan fingerprint density at radius 1 is 1.09 bits per heavy atom. The number of ether oxygens (including phenoxy) is 1. The molecule has 1 heterocycles. The van der Waals surface area contributed by atoms with Gasteiger partial charge in [-0.1, -0.05) is 48.0 Å². The summed E-state index contributed by atoms with van der Waals surface area (Å²) >= 11 is 6.16. The Kier molecular flexibility index (Phi) is 7.34.